The Morgan fingerprint density at radius 1 is 1.05 bits per heavy atom. The summed E-state index contributed by atoms with van der Waals surface area (Å²) >= 11 is 0. The Morgan fingerprint density at radius 2 is 1.84 bits per heavy atom. The van der Waals surface area contributed by atoms with Gasteiger partial charge in [0.05, 0.1) is 24.1 Å². The number of anilines is 1. The molecule has 1 saturated heterocycles. The smallest absolute Gasteiger partial charge is 0.274 e. The van der Waals surface area contributed by atoms with Crippen molar-refractivity contribution in [2.75, 3.05) is 18.5 Å². The molecule has 0 bridgehead atoms. The summed E-state index contributed by atoms with van der Waals surface area (Å²) in [5, 5.41) is 2.80. The van der Waals surface area contributed by atoms with Crippen molar-refractivity contribution in [3.8, 4) is 11.3 Å². The van der Waals surface area contributed by atoms with E-state index in [0.717, 1.165) is 30.9 Å². The van der Waals surface area contributed by atoms with Crippen molar-refractivity contribution in [3.63, 3.8) is 0 Å². The standard InChI is InChI=1S/C28H29F3N4O2/c1-15-8-18(10-19(32)9-15)20-4-6-33-13-25(20)35-28(36)24-3-2-21(29)27(34-24)26-22(30)11-17(12-23(26)31)16-5-7-37-14-16/h2-4,6,11-13,15-16,18-19H,5,7-10,14,32H2,1H3,(H,35,36)/t15-,16+,18+,19+/m0/s1. The van der Waals surface area contributed by atoms with Crippen LogP contribution in [0.5, 0.6) is 0 Å². The van der Waals surface area contributed by atoms with E-state index in [1.807, 2.05) is 6.07 Å². The van der Waals surface area contributed by atoms with Crippen LogP contribution in [0.1, 0.15) is 66.1 Å². The third-order valence-electron chi connectivity index (χ3n) is 7.30. The van der Waals surface area contributed by atoms with Gasteiger partial charge in [0.1, 0.15) is 28.8 Å². The van der Waals surface area contributed by atoms with Gasteiger partial charge in [0.2, 0.25) is 0 Å². The summed E-state index contributed by atoms with van der Waals surface area (Å²) in [6.45, 7) is 3.05. The van der Waals surface area contributed by atoms with Crippen LogP contribution in [0.15, 0.2) is 42.7 Å². The second kappa shape index (κ2) is 10.6. The summed E-state index contributed by atoms with van der Waals surface area (Å²) in [6, 6.07) is 6.47. The zero-order chi connectivity index (χ0) is 26.1. The first-order valence-electron chi connectivity index (χ1n) is 12.5. The van der Waals surface area contributed by atoms with Gasteiger partial charge in [-0.1, -0.05) is 6.92 Å². The van der Waals surface area contributed by atoms with Crippen molar-refractivity contribution in [2.45, 2.75) is 50.5 Å². The predicted octanol–water partition coefficient (Wildman–Crippen LogP) is 5.55. The van der Waals surface area contributed by atoms with Gasteiger partial charge in [-0.2, -0.15) is 0 Å². The molecule has 2 aliphatic rings. The van der Waals surface area contributed by atoms with Crippen molar-refractivity contribution in [1.29, 1.82) is 0 Å². The van der Waals surface area contributed by atoms with Gasteiger partial charge in [0.25, 0.3) is 5.91 Å². The van der Waals surface area contributed by atoms with Crippen LogP contribution in [0.3, 0.4) is 0 Å². The Labute approximate surface area is 213 Å². The van der Waals surface area contributed by atoms with E-state index in [1.54, 1.807) is 12.4 Å². The second-order valence-corrected chi connectivity index (χ2v) is 10.1. The summed E-state index contributed by atoms with van der Waals surface area (Å²) in [5.41, 5.74) is 6.76. The first-order chi connectivity index (χ1) is 17.8. The van der Waals surface area contributed by atoms with Gasteiger partial charge in [-0.3, -0.25) is 9.78 Å². The van der Waals surface area contributed by atoms with Crippen LogP contribution in [0.2, 0.25) is 0 Å². The van der Waals surface area contributed by atoms with Crippen LogP contribution in [-0.4, -0.2) is 35.1 Å². The largest absolute Gasteiger partial charge is 0.381 e. The summed E-state index contributed by atoms with van der Waals surface area (Å²) in [4.78, 5) is 21.3. The minimum absolute atomic E-state index is 0.0733. The molecule has 1 amide bonds. The van der Waals surface area contributed by atoms with Gasteiger partial charge in [-0.15, -0.1) is 0 Å². The third-order valence-corrected chi connectivity index (χ3v) is 7.30. The maximum atomic E-state index is 15.0. The first-order valence-corrected chi connectivity index (χ1v) is 12.5. The molecule has 0 radical (unpaired) electrons. The number of ether oxygens (including phenoxy) is 1. The van der Waals surface area contributed by atoms with Crippen LogP contribution in [-0.2, 0) is 4.74 Å². The Balaban J connectivity index is 1.42. The summed E-state index contributed by atoms with van der Waals surface area (Å²) in [7, 11) is 0. The quantitative estimate of drug-likeness (QED) is 0.470. The van der Waals surface area contributed by atoms with Gasteiger partial charge in [0, 0.05) is 24.8 Å². The highest BCUT2D eigenvalue weighted by atomic mass is 19.1. The fourth-order valence-corrected chi connectivity index (χ4v) is 5.56. The van der Waals surface area contributed by atoms with Crippen molar-refractivity contribution >= 4 is 11.6 Å². The fraction of sp³-hybridized carbons (Fsp3) is 0.393. The topological polar surface area (TPSA) is 90.1 Å². The lowest BCUT2D eigenvalue weighted by atomic mass is 9.76. The third kappa shape index (κ3) is 5.38. The zero-order valence-corrected chi connectivity index (χ0v) is 20.5. The van der Waals surface area contributed by atoms with E-state index in [9.17, 15) is 9.18 Å². The van der Waals surface area contributed by atoms with E-state index in [-0.39, 0.29) is 23.6 Å². The Bertz CT molecular complexity index is 1280. The van der Waals surface area contributed by atoms with Gasteiger partial charge < -0.3 is 15.8 Å². The number of nitrogens with zero attached hydrogens (tertiary/aromatic N) is 2. The molecule has 0 unspecified atom stereocenters. The SMILES string of the molecule is C[C@@H]1C[C@@H](N)C[C@H](c2ccncc2NC(=O)c2ccc(F)c(-c3c(F)cc([C@@H]4CCOC4)cc3F)n2)C1. The Kier molecular flexibility index (Phi) is 7.26. The number of rotatable bonds is 5. The number of nitrogens with two attached hydrogens (primary N) is 1. The highest BCUT2D eigenvalue weighted by molar-refractivity contribution is 6.03. The Hall–Kier alpha value is -3.30. The van der Waals surface area contributed by atoms with Crippen LogP contribution >= 0.6 is 0 Å². The van der Waals surface area contributed by atoms with Crippen LogP contribution in [0, 0.1) is 23.4 Å². The summed E-state index contributed by atoms with van der Waals surface area (Å²) in [6.07, 6.45) is 6.54. The van der Waals surface area contributed by atoms with E-state index in [2.05, 4.69) is 22.2 Å². The molecule has 3 aromatic rings. The van der Waals surface area contributed by atoms with Crippen LogP contribution in [0.4, 0.5) is 18.9 Å². The predicted molar refractivity (Wildman–Crippen MR) is 134 cm³/mol. The maximum Gasteiger partial charge on any atom is 0.274 e. The number of carbonyl (C=O) groups excluding carboxylic acids is 1. The molecule has 37 heavy (non-hydrogen) atoms. The number of nitrogens with one attached hydrogen (secondary N) is 1. The van der Waals surface area contributed by atoms with Crippen LogP contribution < -0.4 is 11.1 Å². The number of pyridine rings is 2. The molecule has 3 N–H and O–H groups in total. The molecule has 1 saturated carbocycles. The van der Waals surface area contributed by atoms with E-state index >= 15 is 8.78 Å². The van der Waals surface area contributed by atoms with Crippen molar-refractivity contribution in [3.05, 3.63) is 77.0 Å². The number of amides is 1. The molecule has 3 heterocycles. The average molecular weight is 511 g/mol. The van der Waals surface area contributed by atoms with E-state index in [4.69, 9.17) is 10.5 Å². The summed E-state index contributed by atoms with van der Waals surface area (Å²) < 4.78 is 50.1. The molecule has 1 aromatic carbocycles. The first kappa shape index (κ1) is 25.4. The Morgan fingerprint density at radius 3 is 2.54 bits per heavy atom. The molecule has 194 valence electrons. The average Bonchev–Trinajstić information content (AvgIpc) is 3.39. The maximum absolute atomic E-state index is 15.0. The number of hydrogen-bond acceptors (Lipinski definition) is 5. The number of aromatic nitrogens is 2. The highest BCUT2D eigenvalue weighted by Crippen LogP contribution is 2.38. The molecule has 6 nitrogen and oxygen atoms in total. The minimum atomic E-state index is -0.942. The molecule has 9 heteroatoms. The highest BCUT2D eigenvalue weighted by Gasteiger charge is 2.28. The minimum Gasteiger partial charge on any atom is -0.381 e. The molecular weight excluding hydrogens is 481 g/mol. The molecule has 4 atom stereocenters. The van der Waals surface area contributed by atoms with Gasteiger partial charge in [-0.05, 0) is 79.0 Å². The van der Waals surface area contributed by atoms with Gasteiger partial charge in [-0.25, -0.2) is 18.2 Å². The molecule has 0 spiro atoms. The second-order valence-electron chi connectivity index (χ2n) is 10.1. The summed E-state index contributed by atoms with van der Waals surface area (Å²) in [5.74, 6) is -2.97. The van der Waals surface area contributed by atoms with E-state index in [0.29, 0.717) is 36.8 Å². The number of hydrogen-bond donors (Lipinski definition) is 2. The molecule has 1 aliphatic heterocycles. The van der Waals surface area contributed by atoms with Crippen molar-refractivity contribution in [1.82, 2.24) is 9.97 Å². The van der Waals surface area contributed by atoms with Crippen molar-refractivity contribution in [2.24, 2.45) is 11.7 Å². The molecule has 1 aliphatic carbocycles. The lowest BCUT2D eigenvalue weighted by Crippen LogP contribution is -2.31. The van der Waals surface area contributed by atoms with Gasteiger partial charge >= 0.3 is 0 Å². The monoisotopic (exact) mass is 510 g/mol. The zero-order valence-electron chi connectivity index (χ0n) is 20.5. The lowest BCUT2D eigenvalue weighted by molar-refractivity contribution is 0.102. The fourth-order valence-electron chi connectivity index (χ4n) is 5.56. The number of carbonyl (C=O) groups is 1. The number of benzene rings is 1. The van der Waals surface area contributed by atoms with Crippen LogP contribution in [0.25, 0.3) is 11.3 Å². The molecule has 2 fully saturated rings. The lowest BCUT2D eigenvalue weighted by Gasteiger charge is -2.32. The molecular formula is C28H29F3N4O2. The number of halogens is 3. The van der Waals surface area contributed by atoms with Crippen molar-refractivity contribution < 1.29 is 22.7 Å². The van der Waals surface area contributed by atoms with E-state index < -0.39 is 34.6 Å². The van der Waals surface area contributed by atoms with Gasteiger partial charge in [0.15, 0.2) is 0 Å². The molecule has 5 rings (SSSR count). The van der Waals surface area contributed by atoms with E-state index in [1.165, 1.54) is 18.2 Å². The normalized spacial score (nSPS) is 23.7. The molecule has 2 aromatic heterocycles.